The Morgan fingerprint density at radius 2 is 2.12 bits per heavy atom. The number of amides is 1. The van der Waals surface area contributed by atoms with Crippen molar-refractivity contribution in [2.24, 2.45) is 0 Å². The van der Waals surface area contributed by atoms with Gasteiger partial charge in [-0.25, -0.2) is 0 Å². The Kier molecular flexibility index (Phi) is 5.58. The number of carbonyl (C=O) groups excluding carboxylic acids is 1. The average molecular weight is 369 g/mol. The smallest absolute Gasteiger partial charge is 0.412 e. The van der Waals surface area contributed by atoms with Gasteiger partial charge in [0, 0.05) is 31.0 Å². The van der Waals surface area contributed by atoms with Crippen LogP contribution in [-0.4, -0.2) is 48.3 Å². The zero-order valence-corrected chi connectivity index (χ0v) is 13.8. The van der Waals surface area contributed by atoms with Gasteiger partial charge in [0.05, 0.1) is 25.3 Å². The molecule has 1 fully saturated rings. The van der Waals surface area contributed by atoms with Crippen LogP contribution in [0.15, 0.2) is 41.3 Å². The standard InChI is InChI=1S/C17H18F3N3O3/c18-17(19,20)15(12-2-1-3-21-9-12)22-16(24)13-8-14(26-11-13)10-23-4-6-25-7-5-23/h1-3,8-9,11,15H,4-7,10H2,(H,22,24). The number of morpholine rings is 1. The first-order valence-corrected chi connectivity index (χ1v) is 8.08. The summed E-state index contributed by atoms with van der Waals surface area (Å²) in [6.07, 6.45) is -1.02. The predicted octanol–water partition coefficient (Wildman–Crippen LogP) is 2.54. The zero-order valence-electron chi connectivity index (χ0n) is 13.8. The molecule has 2 aromatic heterocycles. The molecule has 9 heteroatoms. The molecule has 26 heavy (non-hydrogen) atoms. The number of aromatic nitrogens is 1. The highest BCUT2D eigenvalue weighted by Gasteiger charge is 2.42. The summed E-state index contributed by atoms with van der Waals surface area (Å²) in [5.41, 5.74) is -0.0863. The van der Waals surface area contributed by atoms with E-state index < -0.39 is 18.1 Å². The fourth-order valence-corrected chi connectivity index (χ4v) is 2.68. The van der Waals surface area contributed by atoms with Crippen molar-refractivity contribution in [2.75, 3.05) is 26.3 Å². The number of hydrogen-bond donors (Lipinski definition) is 1. The van der Waals surface area contributed by atoms with Crippen molar-refractivity contribution in [2.45, 2.75) is 18.8 Å². The van der Waals surface area contributed by atoms with Crippen LogP contribution in [0.4, 0.5) is 13.2 Å². The lowest BCUT2D eigenvalue weighted by Crippen LogP contribution is -2.38. The molecule has 0 radical (unpaired) electrons. The number of nitrogens with zero attached hydrogens (tertiary/aromatic N) is 2. The minimum atomic E-state index is -4.64. The van der Waals surface area contributed by atoms with E-state index in [4.69, 9.17) is 9.15 Å². The lowest BCUT2D eigenvalue weighted by atomic mass is 10.1. The van der Waals surface area contributed by atoms with Gasteiger partial charge >= 0.3 is 6.18 Å². The first-order valence-electron chi connectivity index (χ1n) is 8.08. The van der Waals surface area contributed by atoms with Gasteiger partial charge in [-0.05, 0) is 12.1 Å². The molecule has 0 saturated carbocycles. The number of halogens is 3. The monoisotopic (exact) mass is 369 g/mol. The number of rotatable bonds is 5. The lowest BCUT2D eigenvalue weighted by Gasteiger charge is -2.25. The first-order chi connectivity index (χ1) is 12.4. The normalized spacial score (nSPS) is 17.0. The number of ether oxygens (including phenoxy) is 1. The van der Waals surface area contributed by atoms with Gasteiger partial charge < -0.3 is 14.5 Å². The van der Waals surface area contributed by atoms with Gasteiger partial charge in [-0.3, -0.25) is 14.7 Å². The SMILES string of the molecule is O=C(NC(c1cccnc1)C(F)(F)F)c1coc(CN2CCOCC2)c1. The van der Waals surface area contributed by atoms with Crippen molar-refractivity contribution in [1.29, 1.82) is 0 Å². The van der Waals surface area contributed by atoms with Crippen LogP contribution in [0.3, 0.4) is 0 Å². The molecule has 3 rings (SSSR count). The van der Waals surface area contributed by atoms with Crippen LogP contribution < -0.4 is 5.32 Å². The molecule has 2 aromatic rings. The zero-order chi connectivity index (χ0) is 18.6. The Hall–Kier alpha value is -2.39. The molecule has 0 aromatic carbocycles. The van der Waals surface area contributed by atoms with Gasteiger partial charge in [-0.1, -0.05) is 6.07 Å². The third-order valence-electron chi connectivity index (χ3n) is 4.02. The number of hydrogen-bond acceptors (Lipinski definition) is 5. The summed E-state index contributed by atoms with van der Waals surface area (Å²) in [5.74, 6) is -0.338. The Morgan fingerprint density at radius 3 is 2.77 bits per heavy atom. The number of pyridine rings is 1. The van der Waals surface area contributed by atoms with Crippen LogP contribution in [0.2, 0.25) is 0 Å². The highest BCUT2D eigenvalue weighted by atomic mass is 19.4. The second-order valence-corrected chi connectivity index (χ2v) is 5.92. The lowest BCUT2D eigenvalue weighted by molar-refractivity contribution is -0.155. The van der Waals surface area contributed by atoms with Crippen molar-refractivity contribution < 1.29 is 27.1 Å². The molecule has 3 heterocycles. The van der Waals surface area contributed by atoms with Crippen molar-refractivity contribution in [3.8, 4) is 0 Å². The van der Waals surface area contributed by atoms with E-state index in [9.17, 15) is 18.0 Å². The second kappa shape index (κ2) is 7.88. The molecular weight excluding hydrogens is 351 g/mol. The van der Waals surface area contributed by atoms with Gasteiger partial charge in [0.2, 0.25) is 0 Å². The summed E-state index contributed by atoms with van der Waals surface area (Å²) < 4.78 is 50.5. The van der Waals surface area contributed by atoms with E-state index in [-0.39, 0.29) is 11.1 Å². The maximum atomic E-state index is 13.3. The topological polar surface area (TPSA) is 67.6 Å². The fourth-order valence-electron chi connectivity index (χ4n) is 2.68. The van der Waals surface area contributed by atoms with E-state index in [1.807, 2.05) is 5.32 Å². The number of alkyl halides is 3. The van der Waals surface area contributed by atoms with Crippen LogP contribution in [0.1, 0.15) is 27.7 Å². The van der Waals surface area contributed by atoms with E-state index >= 15 is 0 Å². The Morgan fingerprint density at radius 1 is 1.35 bits per heavy atom. The van der Waals surface area contributed by atoms with E-state index in [1.54, 1.807) is 0 Å². The molecule has 1 saturated heterocycles. The van der Waals surface area contributed by atoms with E-state index in [2.05, 4.69) is 9.88 Å². The summed E-state index contributed by atoms with van der Waals surface area (Å²) in [7, 11) is 0. The quantitative estimate of drug-likeness (QED) is 0.877. The Balaban J connectivity index is 1.68. The number of nitrogens with one attached hydrogen (secondary N) is 1. The van der Waals surface area contributed by atoms with E-state index in [1.165, 1.54) is 30.7 Å². The highest BCUT2D eigenvalue weighted by Crippen LogP contribution is 2.32. The minimum absolute atomic E-state index is 0.0476. The fraction of sp³-hybridized carbons (Fsp3) is 0.412. The first kappa shape index (κ1) is 18.4. The highest BCUT2D eigenvalue weighted by molar-refractivity contribution is 5.94. The van der Waals surface area contributed by atoms with Gasteiger partial charge in [0.15, 0.2) is 6.04 Å². The van der Waals surface area contributed by atoms with Gasteiger partial charge in [-0.15, -0.1) is 0 Å². The Bertz CT molecular complexity index is 728. The molecule has 1 amide bonds. The largest absolute Gasteiger partial charge is 0.467 e. The Labute approximate surface area is 147 Å². The minimum Gasteiger partial charge on any atom is -0.467 e. The van der Waals surface area contributed by atoms with Crippen molar-refractivity contribution >= 4 is 5.91 Å². The van der Waals surface area contributed by atoms with E-state index in [0.29, 0.717) is 25.5 Å². The molecule has 0 spiro atoms. The second-order valence-electron chi connectivity index (χ2n) is 5.92. The molecule has 1 aliphatic rings. The van der Waals surface area contributed by atoms with Crippen molar-refractivity contribution in [3.63, 3.8) is 0 Å². The number of carbonyl (C=O) groups is 1. The van der Waals surface area contributed by atoms with Crippen LogP contribution in [0, 0.1) is 0 Å². The van der Waals surface area contributed by atoms with Crippen LogP contribution in [-0.2, 0) is 11.3 Å². The summed E-state index contributed by atoms with van der Waals surface area (Å²) in [6.45, 7) is 3.18. The summed E-state index contributed by atoms with van der Waals surface area (Å²) in [5, 5.41) is 2.01. The predicted molar refractivity (Wildman–Crippen MR) is 85.3 cm³/mol. The molecule has 1 aliphatic heterocycles. The third kappa shape index (κ3) is 4.61. The van der Waals surface area contributed by atoms with Crippen LogP contribution in [0.5, 0.6) is 0 Å². The van der Waals surface area contributed by atoms with Crippen LogP contribution >= 0.6 is 0 Å². The summed E-state index contributed by atoms with van der Waals surface area (Å²) in [4.78, 5) is 18.0. The third-order valence-corrected chi connectivity index (χ3v) is 4.02. The molecular formula is C17H18F3N3O3. The maximum Gasteiger partial charge on any atom is 0.412 e. The molecule has 1 unspecified atom stereocenters. The molecule has 0 aliphatic carbocycles. The molecule has 0 bridgehead atoms. The van der Waals surface area contributed by atoms with Gasteiger partial charge in [0.25, 0.3) is 5.91 Å². The molecule has 1 N–H and O–H groups in total. The van der Waals surface area contributed by atoms with Gasteiger partial charge in [-0.2, -0.15) is 13.2 Å². The van der Waals surface area contributed by atoms with Gasteiger partial charge in [0.1, 0.15) is 12.0 Å². The summed E-state index contributed by atoms with van der Waals surface area (Å²) in [6, 6.07) is 1.98. The van der Waals surface area contributed by atoms with Crippen molar-refractivity contribution in [3.05, 3.63) is 53.7 Å². The van der Waals surface area contributed by atoms with Crippen LogP contribution in [0.25, 0.3) is 0 Å². The van der Waals surface area contributed by atoms with E-state index in [0.717, 1.165) is 19.3 Å². The molecule has 1 atom stereocenters. The average Bonchev–Trinajstić information content (AvgIpc) is 3.09. The summed E-state index contributed by atoms with van der Waals surface area (Å²) >= 11 is 0. The maximum absolute atomic E-state index is 13.3. The molecule has 6 nitrogen and oxygen atoms in total. The number of furan rings is 1. The van der Waals surface area contributed by atoms with Crippen molar-refractivity contribution in [1.82, 2.24) is 15.2 Å². The molecule has 140 valence electrons.